The maximum absolute atomic E-state index is 12.7. The van der Waals surface area contributed by atoms with Gasteiger partial charge < -0.3 is 9.64 Å². The molecule has 116 valence electrons. The van der Waals surface area contributed by atoms with Crippen molar-refractivity contribution in [2.75, 3.05) is 6.54 Å². The summed E-state index contributed by atoms with van der Waals surface area (Å²) in [5.41, 5.74) is 3.29. The van der Waals surface area contributed by atoms with Crippen molar-refractivity contribution < 1.29 is 9.53 Å². The van der Waals surface area contributed by atoms with Crippen LogP contribution in [-0.2, 0) is 23.4 Å². The summed E-state index contributed by atoms with van der Waals surface area (Å²) in [7, 11) is 0. The highest BCUT2D eigenvalue weighted by Gasteiger charge is 2.48. The number of ether oxygens (including phenoxy) is 1. The van der Waals surface area contributed by atoms with E-state index in [0.717, 1.165) is 25.0 Å². The molecule has 1 amide bonds. The van der Waals surface area contributed by atoms with Gasteiger partial charge in [-0.3, -0.25) is 4.79 Å². The van der Waals surface area contributed by atoms with E-state index in [4.69, 9.17) is 4.74 Å². The number of hydrogen-bond acceptors (Lipinski definition) is 2. The maximum atomic E-state index is 12.7. The second kappa shape index (κ2) is 4.60. The van der Waals surface area contributed by atoms with E-state index in [1.54, 1.807) is 0 Å². The van der Waals surface area contributed by atoms with Gasteiger partial charge in [-0.05, 0) is 30.0 Å². The Bertz CT molecular complexity index is 769. The van der Waals surface area contributed by atoms with Crippen molar-refractivity contribution in [3.05, 3.63) is 65.2 Å². The van der Waals surface area contributed by atoms with Gasteiger partial charge in [-0.25, -0.2) is 0 Å². The summed E-state index contributed by atoms with van der Waals surface area (Å²) in [4.78, 5) is 14.7. The summed E-state index contributed by atoms with van der Waals surface area (Å²) in [5, 5.41) is 0. The first kappa shape index (κ1) is 13.2. The van der Waals surface area contributed by atoms with Crippen molar-refractivity contribution in [2.45, 2.75) is 31.4 Å². The fraction of sp³-hybridized carbons (Fsp3) is 0.350. The number of carbonyl (C=O) groups is 1. The van der Waals surface area contributed by atoms with Crippen LogP contribution < -0.4 is 4.74 Å². The van der Waals surface area contributed by atoms with E-state index < -0.39 is 5.60 Å². The number of rotatable bonds is 1. The Hall–Kier alpha value is -2.29. The van der Waals surface area contributed by atoms with Crippen molar-refractivity contribution in [1.29, 1.82) is 0 Å². The molecule has 2 aromatic carbocycles. The minimum Gasteiger partial charge on any atom is -0.480 e. The van der Waals surface area contributed by atoms with E-state index in [1.807, 2.05) is 17.0 Å². The molecule has 5 rings (SSSR count). The first-order valence-corrected chi connectivity index (χ1v) is 8.39. The van der Waals surface area contributed by atoms with Crippen molar-refractivity contribution in [2.24, 2.45) is 5.92 Å². The molecule has 3 nitrogen and oxygen atoms in total. The van der Waals surface area contributed by atoms with Crippen LogP contribution in [0.3, 0.4) is 0 Å². The molecule has 1 saturated carbocycles. The van der Waals surface area contributed by atoms with Crippen LogP contribution in [0.5, 0.6) is 5.75 Å². The zero-order valence-corrected chi connectivity index (χ0v) is 13.0. The summed E-state index contributed by atoms with van der Waals surface area (Å²) < 4.78 is 6.45. The lowest BCUT2D eigenvalue weighted by Gasteiger charge is -2.41. The predicted octanol–water partition coefficient (Wildman–Crippen LogP) is 3.27. The number of carbonyl (C=O) groups excluding carboxylic acids is 1. The summed E-state index contributed by atoms with van der Waals surface area (Å²) in [6, 6.07) is 16.7. The van der Waals surface area contributed by atoms with Gasteiger partial charge in [-0.2, -0.15) is 0 Å². The van der Waals surface area contributed by atoms with E-state index in [1.165, 1.54) is 16.7 Å². The van der Waals surface area contributed by atoms with Gasteiger partial charge in [0.2, 0.25) is 5.91 Å². The third kappa shape index (κ3) is 1.99. The SMILES string of the molecule is O=C(C1CC1)N1Cc2ccccc2C2(Cc3ccccc3O2)C1. The molecular weight excluding hydrogens is 286 g/mol. The van der Waals surface area contributed by atoms with Crippen molar-refractivity contribution >= 4 is 5.91 Å². The minimum absolute atomic E-state index is 0.251. The molecular formula is C20H19NO2. The Morgan fingerprint density at radius 3 is 2.57 bits per heavy atom. The van der Waals surface area contributed by atoms with E-state index in [0.29, 0.717) is 19.0 Å². The molecule has 2 aromatic rings. The lowest BCUT2D eigenvalue weighted by molar-refractivity contribution is -0.137. The molecule has 2 aliphatic heterocycles. The molecule has 0 N–H and O–H groups in total. The second-order valence-electron chi connectivity index (χ2n) is 7.01. The molecule has 0 aromatic heterocycles. The van der Waals surface area contributed by atoms with Gasteiger partial charge in [-0.15, -0.1) is 0 Å². The number of nitrogens with zero attached hydrogens (tertiary/aromatic N) is 1. The molecule has 1 atom stereocenters. The molecule has 1 unspecified atom stereocenters. The Morgan fingerprint density at radius 2 is 1.78 bits per heavy atom. The van der Waals surface area contributed by atoms with Gasteiger partial charge in [-0.1, -0.05) is 42.5 Å². The molecule has 1 spiro atoms. The Kier molecular flexibility index (Phi) is 2.64. The van der Waals surface area contributed by atoms with Crippen molar-refractivity contribution in [3.63, 3.8) is 0 Å². The number of amides is 1. The standard InChI is InChI=1S/C20H19NO2/c22-19(14-9-10-14)21-12-16-6-1-3-7-17(16)20(13-21)11-15-5-2-4-8-18(15)23-20/h1-8,14H,9-13H2. The van der Waals surface area contributed by atoms with Crippen molar-refractivity contribution in [3.8, 4) is 5.75 Å². The number of hydrogen-bond donors (Lipinski definition) is 0. The van der Waals surface area contributed by atoms with Crippen LogP contribution in [0.2, 0.25) is 0 Å². The van der Waals surface area contributed by atoms with Crippen LogP contribution in [0.4, 0.5) is 0 Å². The quantitative estimate of drug-likeness (QED) is 0.809. The second-order valence-corrected chi connectivity index (χ2v) is 7.01. The summed E-state index contributed by atoms with van der Waals surface area (Å²) in [6.45, 7) is 1.38. The Labute approximate surface area is 135 Å². The van der Waals surface area contributed by atoms with Crippen LogP contribution in [0.25, 0.3) is 0 Å². The third-order valence-electron chi connectivity index (χ3n) is 5.31. The van der Waals surface area contributed by atoms with Gasteiger partial charge in [0.1, 0.15) is 5.75 Å². The highest BCUT2D eigenvalue weighted by molar-refractivity contribution is 5.81. The zero-order valence-electron chi connectivity index (χ0n) is 13.0. The van der Waals surface area contributed by atoms with Gasteiger partial charge in [0.05, 0.1) is 6.54 Å². The summed E-state index contributed by atoms with van der Waals surface area (Å²) in [5.74, 6) is 1.52. The molecule has 1 aliphatic carbocycles. The molecule has 0 radical (unpaired) electrons. The number of para-hydroxylation sites is 1. The molecule has 2 heterocycles. The first-order chi connectivity index (χ1) is 11.3. The minimum atomic E-state index is -0.414. The topological polar surface area (TPSA) is 29.5 Å². The van der Waals surface area contributed by atoms with E-state index >= 15 is 0 Å². The third-order valence-corrected chi connectivity index (χ3v) is 5.31. The molecule has 3 heteroatoms. The molecule has 1 fully saturated rings. The largest absolute Gasteiger partial charge is 0.480 e. The van der Waals surface area contributed by atoms with Gasteiger partial charge in [0, 0.05) is 24.4 Å². The van der Waals surface area contributed by atoms with Crippen LogP contribution in [0.1, 0.15) is 29.5 Å². The summed E-state index contributed by atoms with van der Waals surface area (Å²) in [6.07, 6.45) is 2.94. The average Bonchev–Trinajstić information content (AvgIpc) is 3.35. The van der Waals surface area contributed by atoms with E-state index in [9.17, 15) is 4.79 Å². The van der Waals surface area contributed by atoms with E-state index in [2.05, 4.69) is 36.4 Å². The smallest absolute Gasteiger partial charge is 0.226 e. The monoisotopic (exact) mass is 305 g/mol. The summed E-state index contributed by atoms with van der Waals surface area (Å²) >= 11 is 0. The van der Waals surface area contributed by atoms with Crippen LogP contribution >= 0.6 is 0 Å². The lowest BCUT2D eigenvalue weighted by atomic mass is 9.82. The first-order valence-electron chi connectivity index (χ1n) is 8.39. The molecule has 3 aliphatic rings. The Morgan fingerprint density at radius 1 is 1.04 bits per heavy atom. The fourth-order valence-corrected chi connectivity index (χ4v) is 4.04. The number of benzene rings is 2. The van der Waals surface area contributed by atoms with Crippen LogP contribution in [-0.4, -0.2) is 17.4 Å². The van der Waals surface area contributed by atoms with Gasteiger partial charge in [0.25, 0.3) is 0 Å². The Balaban J connectivity index is 1.58. The van der Waals surface area contributed by atoms with Gasteiger partial charge in [0.15, 0.2) is 5.60 Å². The lowest BCUT2D eigenvalue weighted by Crippen LogP contribution is -2.51. The molecule has 0 saturated heterocycles. The van der Waals surface area contributed by atoms with E-state index in [-0.39, 0.29) is 5.92 Å². The van der Waals surface area contributed by atoms with Crippen molar-refractivity contribution in [1.82, 2.24) is 4.90 Å². The number of fused-ring (bicyclic) bond motifs is 3. The van der Waals surface area contributed by atoms with Crippen LogP contribution in [0, 0.1) is 5.92 Å². The highest BCUT2D eigenvalue weighted by Crippen LogP contribution is 2.46. The fourth-order valence-electron chi connectivity index (χ4n) is 4.04. The van der Waals surface area contributed by atoms with Crippen LogP contribution in [0.15, 0.2) is 48.5 Å². The zero-order chi connectivity index (χ0) is 15.4. The average molecular weight is 305 g/mol. The normalized spacial score (nSPS) is 25.0. The predicted molar refractivity (Wildman–Crippen MR) is 87.0 cm³/mol. The van der Waals surface area contributed by atoms with Gasteiger partial charge >= 0.3 is 0 Å². The molecule has 23 heavy (non-hydrogen) atoms. The molecule has 0 bridgehead atoms. The maximum Gasteiger partial charge on any atom is 0.226 e. The highest BCUT2D eigenvalue weighted by atomic mass is 16.5.